The number of aliphatic imine (C=N–C) groups is 1. The maximum atomic E-state index is 5.92. The third-order valence-corrected chi connectivity index (χ3v) is 5.16. The summed E-state index contributed by atoms with van der Waals surface area (Å²) in [5.74, 6) is 1.55. The van der Waals surface area contributed by atoms with Gasteiger partial charge >= 0.3 is 15.9 Å². The molecule has 0 aliphatic heterocycles. The van der Waals surface area contributed by atoms with Crippen LogP contribution >= 0.6 is 0 Å². The van der Waals surface area contributed by atoms with E-state index in [2.05, 4.69) is 48.0 Å². The van der Waals surface area contributed by atoms with Gasteiger partial charge in [-0.2, -0.15) is 0 Å². The molecule has 0 unspecified atom stereocenters. The molecule has 0 aliphatic rings. The average Bonchev–Trinajstić information content (AvgIpc) is 2.71. The zero-order valence-corrected chi connectivity index (χ0v) is 18.6. The molecule has 0 fully saturated rings. The van der Waals surface area contributed by atoms with Crippen molar-refractivity contribution in [3.63, 3.8) is 0 Å². The molecule has 29 heavy (non-hydrogen) atoms. The Bertz CT molecular complexity index is 1030. The van der Waals surface area contributed by atoms with Crippen molar-refractivity contribution < 1.29 is 7.58 Å². The summed E-state index contributed by atoms with van der Waals surface area (Å²) in [6.45, 7) is 12.0. The van der Waals surface area contributed by atoms with Crippen molar-refractivity contribution in [1.29, 1.82) is 0 Å². The molecule has 0 heterocycles. The van der Waals surface area contributed by atoms with Gasteiger partial charge in [0.25, 0.3) is 0 Å². The first-order chi connectivity index (χ1) is 13.9. The summed E-state index contributed by atoms with van der Waals surface area (Å²) >= 11 is -0.688. The third-order valence-electron chi connectivity index (χ3n) is 4.44. The lowest BCUT2D eigenvalue weighted by Crippen LogP contribution is -2.11. The Morgan fingerprint density at radius 3 is 2.28 bits per heavy atom. The molecule has 3 rings (SSSR count). The lowest BCUT2D eigenvalue weighted by molar-refractivity contribution is 0.459. The van der Waals surface area contributed by atoms with E-state index in [0.717, 1.165) is 50.7 Å². The largest absolute Gasteiger partial charge is 0.881 e. The van der Waals surface area contributed by atoms with Gasteiger partial charge in [0.15, 0.2) is 0 Å². The monoisotopic (exact) mass is 398 g/mol. The Balaban J connectivity index is 1.66. The smallest absolute Gasteiger partial charge is 0.616 e. The molecule has 0 saturated heterocycles. The van der Waals surface area contributed by atoms with E-state index in [1.165, 1.54) is 0 Å². The van der Waals surface area contributed by atoms with E-state index < -0.39 is 15.9 Å². The van der Waals surface area contributed by atoms with Crippen LogP contribution in [0.25, 0.3) is 16.7 Å². The Hall–Kier alpha value is -2.80. The van der Waals surface area contributed by atoms with E-state index in [-0.39, 0.29) is 0 Å². The van der Waals surface area contributed by atoms with Crippen LogP contribution in [0.2, 0.25) is 0 Å². The highest BCUT2D eigenvalue weighted by molar-refractivity contribution is 6.21. The molecule has 0 spiro atoms. The molecule has 0 bridgehead atoms. The van der Waals surface area contributed by atoms with Crippen molar-refractivity contribution in [2.24, 2.45) is 4.99 Å². The zero-order valence-electron chi connectivity index (χ0n) is 17.4. The van der Waals surface area contributed by atoms with Crippen LogP contribution in [0.15, 0.2) is 78.3 Å². The molecule has 0 saturated carbocycles. The van der Waals surface area contributed by atoms with Crippen LogP contribution in [-0.2, 0) is 0 Å². The highest BCUT2D eigenvalue weighted by atomic mass is 27.2. The Morgan fingerprint density at radius 2 is 1.59 bits per heavy atom. The summed E-state index contributed by atoms with van der Waals surface area (Å²) < 4.78 is 11.8. The van der Waals surface area contributed by atoms with E-state index in [0.29, 0.717) is 0 Å². The number of nitrogens with zero attached hydrogens (tertiary/aromatic N) is 1. The molecule has 0 amide bonds. The Morgan fingerprint density at radius 1 is 0.862 bits per heavy atom. The van der Waals surface area contributed by atoms with E-state index in [9.17, 15) is 0 Å². The quantitative estimate of drug-likeness (QED) is 0.324. The minimum atomic E-state index is -0.688. The number of rotatable bonds is 7. The lowest BCUT2D eigenvalue weighted by Gasteiger charge is -2.13. The fraction of sp³-hybridized carbons (Fsp3) is 0.160. The maximum absolute atomic E-state index is 5.92. The fourth-order valence-corrected chi connectivity index (χ4v) is 3.53. The number of para-hydroxylation sites is 1. The SMILES string of the molecule is C=C(C)c1cccc(-c2ccc([O][Al][O]c3cccc(C)c3N=C(C)C)cc2)c1. The molecular formula is C25H25AlNO2. The van der Waals surface area contributed by atoms with Gasteiger partial charge in [-0.3, -0.25) is 4.99 Å². The summed E-state index contributed by atoms with van der Waals surface area (Å²) in [5.41, 5.74) is 7.47. The van der Waals surface area contributed by atoms with Crippen molar-refractivity contribution in [3.8, 4) is 22.6 Å². The molecule has 3 aromatic carbocycles. The van der Waals surface area contributed by atoms with Gasteiger partial charge in [0.1, 0.15) is 11.4 Å². The third kappa shape index (κ3) is 5.60. The number of benzene rings is 3. The number of hydrogen-bond acceptors (Lipinski definition) is 3. The minimum absolute atomic E-state index is 0.688. The average molecular weight is 398 g/mol. The summed E-state index contributed by atoms with van der Waals surface area (Å²) in [6, 6.07) is 22.4. The first kappa shape index (κ1) is 20.9. The van der Waals surface area contributed by atoms with Crippen molar-refractivity contribution in [1.82, 2.24) is 0 Å². The Kier molecular flexibility index (Phi) is 6.93. The van der Waals surface area contributed by atoms with Gasteiger partial charge in [-0.05, 0) is 74.2 Å². The molecular weight excluding hydrogens is 373 g/mol. The fourth-order valence-electron chi connectivity index (χ4n) is 2.92. The molecule has 3 aromatic rings. The first-order valence-corrected chi connectivity index (χ1v) is 10.5. The van der Waals surface area contributed by atoms with Crippen molar-refractivity contribution in [2.45, 2.75) is 27.7 Å². The standard InChI is InChI=1S/C15H14O.C10H13NO.Al/c1-11(2)13-4-3-5-14(10-13)12-6-8-15(16)9-7-12;1-7(2)11-10-8(3)5-4-6-9(10)12;/h3-10,16H,1H2,2H3;4-6,12H,1-3H3;/q;;+2/p-2. The van der Waals surface area contributed by atoms with Crippen LogP contribution < -0.4 is 7.58 Å². The Labute approximate surface area is 180 Å². The van der Waals surface area contributed by atoms with Crippen molar-refractivity contribution in [2.75, 3.05) is 0 Å². The summed E-state index contributed by atoms with van der Waals surface area (Å²) in [7, 11) is 0. The van der Waals surface area contributed by atoms with Crippen LogP contribution in [0.1, 0.15) is 31.9 Å². The van der Waals surface area contributed by atoms with Crippen molar-refractivity contribution in [3.05, 3.63) is 84.4 Å². The molecule has 1 radical (unpaired) electrons. The van der Waals surface area contributed by atoms with E-state index >= 15 is 0 Å². The maximum Gasteiger partial charge on any atom is 0.881 e. The van der Waals surface area contributed by atoms with Gasteiger partial charge < -0.3 is 7.58 Å². The molecule has 4 heteroatoms. The van der Waals surface area contributed by atoms with E-state index in [1.807, 2.05) is 58.0 Å². The van der Waals surface area contributed by atoms with Crippen LogP contribution in [0.4, 0.5) is 5.69 Å². The second-order valence-electron chi connectivity index (χ2n) is 7.20. The predicted molar refractivity (Wildman–Crippen MR) is 123 cm³/mol. The lowest BCUT2D eigenvalue weighted by atomic mass is 10.0. The van der Waals surface area contributed by atoms with Gasteiger partial charge in [0, 0.05) is 5.71 Å². The van der Waals surface area contributed by atoms with Gasteiger partial charge in [0.05, 0.1) is 5.75 Å². The second kappa shape index (κ2) is 9.61. The topological polar surface area (TPSA) is 30.8 Å². The molecule has 0 atom stereocenters. The molecule has 3 nitrogen and oxygen atoms in total. The molecule has 0 N–H and O–H groups in total. The second-order valence-corrected chi connectivity index (χ2v) is 7.86. The number of allylic oxidation sites excluding steroid dienone is 1. The molecule has 145 valence electrons. The van der Waals surface area contributed by atoms with E-state index in [1.54, 1.807) is 0 Å². The summed E-state index contributed by atoms with van der Waals surface area (Å²) in [5, 5.41) is 0. The predicted octanol–water partition coefficient (Wildman–Crippen LogP) is 6.80. The number of hydrogen-bond donors (Lipinski definition) is 0. The van der Waals surface area contributed by atoms with Gasteiger partial charge in [-0.15, -0.1) is 0 Å². The summed E-state index contributed by atoms with van der Waals surface area (Å²) in [6.07, 6.45) is 0. The van der Waals surface area contributed by atoms with Crippen molar-refractivity contribution >= 4 is 32.9 Å². The van der Waals surface area contributed by atoms with Crippen LogP contribution in [-0.4, -0.2) is 21.6 Å². The normalized spacial score (nSPS) is 10.2. The highest BCUT2D eigenvalue weighted by Crippen LogP contribution is 2.31. The minimum Gasteiger partial charge on any atom is -0.616 e. The first-order valence-electron chi connectivity index (χ1n) is 9.57. The molecule has 0 aromatic heterocycles. The van der Waals surface area contributed by atoms with Gasteiger partial charge in [0.2, 0.25) is 0 Å². The number of aryl methyl sites for hydroxylation is 1. The molecule has 0 aliphatic carbocycles. The van der Waals surface area contributed by atoms with Crippen LogP contribution in [0.3, 0.4) is 0 Å². The van der Waals surface area contributed by atoms with Crippen LogP contribution in [0, 0.1) is 6.92 Å². The van der Waals surface area contributed by atoms with E-state index in [4.69, 9.17) is 7.58 Å². The van der Waals surface area contributed by atoms with Gasteiger partial charge in [-0.1, -0.05) is 54.6 Å². The van der Waals surface area contributed by atoms with Gasteiger partial charge in [-0.25, -0.2) is 0 Å². The zero-order chi connectivity index (χ0) is 20.8. The van der Waals surface area contributed by atoms with Crippen LogP contribution in [0.5, 0.6) is 11.5 Å². The highest BCUT2D eigenvalue weighted by Gasteiger charge is 2.11. The summed E-state index contributed by atoms with van der Waals surface area (Å²) in [4.78, 5) is 4.59.